The van der Waals surface area contributed by atoms with Crippen molar-refractivity contribution < 1.29 is 22.9 Å². The van der Waals surface area contributed by atoms with Crippen molar-refractivity contribution in [2.75, 3.05) is 19.7 Å². The van der Waals surface area contributed by atoms with Crippen LogP contribution in [-0.2, 0) is 27.7 Å². The largest absolute Gasteiger partial charge is 0.477 e. The van der Waals surface area contributed by atoms with E-state index in [1.165, 1.54) is 40.4 Å². The Morgan fingerprint density at radius 2 is 1.79 bits per heavy atom. The minimum Gasteiger partial charge on any atom is -0.477 e. The summed E-state index contributed by atoms with van der Waals surface area (Å²) < 4.78 is 32.2. The number of hydrogen-bond acceptors (Lipinski definition) is 6. The second-order valence-electron chi connectivity index (χ2n) is 8.81. The van der Waals surface area contributed by atoms with Gasteiger partial charge in [-0.2, -0.15) is 4.31 Å². The Hall–Kier alpha value is -2.98. The third-order valence-electron chi connectivity index (χ3n) is 6.44. The third kappa shape index (κ3) is 5.23. The van der Waals surface area contributed by atoms with Gasteiger partial charge >= 0.3 is 5.69 Å². The first-order valence-electron chi connectivity index (χ1n) is 11.6. The molecule has 10 heteroatoms. The molecule has 0 saturated carbocycles. The molecule has 1 saturated heterocycles. The molecule has 1 amide bonds. The van der Waals surface area contributed by atoms with E-state index in [-0.39, 0.29) is 16.7 Å². The van der Waals surface area contributed by atoms with Gasteiger partial charge in [0.2, 0.25) is 10.0 Å². The lowest BCUT2D eigenvalue weighted by molar-refractivity contribution is -0.386. The minimum atomic E-state index is -3.80. The number of sulfonamides is 1. The first kappa shape index (κ1) is 24.2. The van der Waals surface area contributed by atoms with Gasteiger partial charge in [0.1, 0.15) is 0 Å². The molecule has 0 aromatic heterocycles. The Morgan fingerprint density at radius 1 is 1.09 bits per heavy atom. The van der Waals surface area contributed by atoms with E-state index in [0.29, 0.717) is 13.1 Å². The van der Waals surface area contributed by atoms with Gasteiger partial charge in [-0.05, 0) is 74.3 Å². The van der Waals surface area contributed by atoms with Crippen LogP contribution in [0.4, 0.5) is 5.69 Å². The highest BCUT2D eigenvalue weighted by Gasteiger charge is 2.30. The average molecular weight is 488 g/mol. The van der Waals surface area contributed by atoms with Gasteiger partial charge in [0.05, 0.1) is 15.9 Å². The van der Waals surface area contributed by atoms with Crippen molar-refractivity contribution in [3.63, 3.8) is 0 Å². The van der Waals surface area contributed by atoms with Gasteiger partial charge in [0, 0.05) is 19.2 Å². The van der Waals surface area contributed by atoms with E-state index in [1.54, 1.807) is 0 Å². The molecular formula is C24H29N3O6S. The summed E-state index contributed by atoms with van der Waals surface area (Å²) in [5.41, 5.74) is 3.19. The zero-order valence-corrected chi connectivity index (χ0v) is 20.0. The number of ether oxygens (including phenoxy) is 1. The van der Waals surface area contributed by atoms with Crippen LogP contribution in [0.25, 0.3) is 0 Å². The lowest BCUT2D eigenvalue weighted by Gasteiger charge is -2.20. The summed E-state index contributed by atoms with van der Waals surface area (Å²) >= 11 is 0. The molecule has 9 nitrogen and oxygen atoms in total. The van der Waals surface area contributed by atoms with Crippen LogP contribution in [0, 0.1) is 10.1 Å². The number of hydrogen-bond donors (Lipinski definition) is 1. The predicted octanol–water partition coefficient (Wildman–Crippen LogP) is 3.51. The molecule has 4 rings (SSSR count). The summed E-state index contributed by atoms with van der Waals surface area (Å²) in [7, 11) is -3.80. The Balaban J connectivity index is 1.41. The van der Waals surface area contributed by atoms with Crippen LogP contribution >= 0.6 is 0 Å². The van der Waals surface area contributed by atoms with E-state index < -0.39 is 33.1 Å². The van der Waals surface area contributed by atoms with Crippen LogP contribution in [0.2, 0.25) is 0 Å². The molecule has 1 heterocycles. The second-order valence-corrected chi connectivity index (χ2v) is 10.7. The van der Waals surface area contributed by atoms with E-state index in [4.69, 9.17) is 4.74 Å². The maximum atomic E-state index is 12.7. The summed E-state index contributed by atoms with van der Waals surface area (Å²) in [6.45, 7) is 2.26. The van der Waals surface area contributed by atoms with E-state index in [9.17, 15) is 23.3 Å². The van der Waals surface area contributed by atoms with Crippen LogP contribution in [-0.4, -0.2) is 43.2 Å². The van der Waals surface area contributed by atoms with Crippen LogP contribution in [0.5, 0.6) is 5.75 Å². The molecule has 2 aliphatic rings. The number of carbonyl (C=O) groups is 1. The number of nitro groups is 1. The van der Waals surface area contributed by atoms with Gasteiger partial charge < -0.3 is 10.1 Å². The molecule has 0 radical (unpaired) electrons. The van der Waals surface area contributed by atoms with Gasteiger partial charge in [-0.1, -0.05) is 18.2 Å². The van der Waals surface area contributed by atoms with Crippen molar-refractivity contribution in [3.8, 4) is 5.75 Å². The Bertz CT molecular complexity index is 1190. The fourth-order valence-electron chi connectivity index (χ4n) is 4.53. The standard InChI is InChI=1S/C24H29N3O6S/c1-17(19-9-8-18-6-2-3-7-20(18)14-19)25-24(28)16-33-23-11-10-21(15-22(23)27(29)30)34(31,32)26-12-4-5-13-26/h8-11,14-15,17H,2-7,12-13,16H2,1H3,(H,25,28)/t17-/m1/s1. The lowest BCUT2D eigenvalue weighted by atomic mass is 9.89. The van der Waals surface area contributed by atoms with Crippen molar-refractivity contribution in [1.29, 1.82) is 0 Å². The molecule has 1 N–H and O–H groups in total. The normalized spacial score (nSPS) is 17.1. The minimum absolute atomic E-state index is 0.151. The van der Waals surface area contributed by atoms with Crippen molar-refractivity contribution in [3.05, 3.63) is 63.2 Å². The number of nitrogens with zero attached hydrogens (tertiary/aromatic N) is 2. The number of nitro benzene ring substituents is 1. The number of aryl methyl sites for hydroxylation is 2. The predicted molar refractivity (Wildman–Crippen MR) is 126 cm³/mol. The molecule has 0 spiro atoms. The topological polar surface area (TPSA) is 119 Å². The maximum absolute atomic E-state index is 12.7. The number of benzene rings is 2. The fourth-order valence-corrected chi connectivity index (χ4v) is 6.07. The zero-order valence-electron chi connectivity index (χ0n) is 19.2. The summed E-state index contributed by atoms with van der Waals surface area (Å²) in [5.74, 6) is -0.574. The van der Waals surface area contributed by atoms with E-state index in [2.05, 4.69) is 17.4 Å². The Labute approximate surface area is 199 Å². The average Bonchev–Trinajstić information content (AvgIpc) is 3.38. The number of rotatable bonds is 8. The number of carbonyl (C=O) groups excluding carboxylic acids is 1. The van der Waals surface area contributed by atoms with Crippen molar-refractivity contribution in [2.24, 2.45) is 0 Å². The molecule has 1 aliphatic heterocycles. The van der Waals surface area contributed by atoms with E-state index >= 15 is 0 Å². The smallest absolute Gasteiger partial charge is 0.312 e. The molecule has 0 unspecified atom stereocenters. The number of nitrogens with one attached hydrogen (secondary N) is 1. The van der Waals surface area contributed by atoms with Crippen molar-refractivity contribution in [2.45, 2.75) is 56.4 Å². The molecular weight excluding hydrogens is 458 g/mol. The molecule has 1 aliphatic carbocycles. The summed E-state index contributed by atoms with van der Waals surface area (Å²) in [6.07, 6.45) is 6.03. The Morgan fingerprint density at radius 3 is 2.50 bits per heavy atom. The third-order valence-corrected chi connectivity index (χ3v) is 8.33. The molecule has 0 bridgehead atoms. The SMILES string of the molecule is C[C@@H](NC(=O)COc1ccc(S(=O)(=O)N2CCCC2)cc1[N+](=O)[O-])c1ccc2c(c1)CCCC2. The molecule has 2 aromatic carbocycles. The molecule has 1 fully saturated rings. The van der Waals surface area contributed by atoms with Crippen LogP contribution in [0.1, 0.15) is 55.3 Å². The van der Waals surface area contributed by atoms with E-state index in [0.717, 1.165) is 37.3 Å². The molecule has 1 atom stereocenters. The molecule has 34 heavy (non-hydrogen) atoms. The molecule has 2 aromatic rings. The lowest BCUT2D eigenvalue weighted by Crippen LogP contribution is -2.31. The highest BCUT2D eigenvalue weighted by Crippen LogP contribution is 2.32. The van der Waals surface area contributed by atoms with E-state index in [1.807, 2.05) is 13.0 Å². The van der Waals surface area contributed by atoms with Crippen LogP contribution in [0.15, 0.2) is 41.3 Å². The van der Waals surface area contributed by atoms with Crippen LogP contribution in [0.3, 0.4) is 0 Å². The number of fused-ring (bicyclic) bond motifs is 1. The highest BCUT2D eigenvalue weighted by atomic mass is 32.2. The quantitative estimate of drug-likeness (QED) is 0.450. The number of amides is 1. The summed E-state index contributed by atoms with van der Waals surface area (Å²) in [4.78, 5) is 23.2. The van der Waals surface area contributed by atoms with Crippen molar-refractivity contribution in [1.82, 2.24) is 9.62 Å². The highest BCUT2D eigenvalue weighted by molar-refractivity contribution is 7.89. The van der Waals surface area contributed by atoms with Crippen LogP contribution < -0.4 is 10.1 Å². The summed E-state index contributed by atoms with van der Waals surface area (Å²) in [5, 5.41) is 14.4. The first-order valence-corrected chi connectivity index (χ1v) is 13.0. The summed E-state index contributed by atoms with van der Waals surface area (Å²) in [6, 6.07) is 9.53. The zero-order chi connectivity index (χ0) is 24.3. The fraction of sp³-hybridized carbons (Fsp3) is 0.458. The van der Waals surface area contributed by atoms with Gasteiger partial charge in [-0.15, -0.1) is 0 Å². The van der Waals surface area contributed by atoms with Gasteiger partial charge in [0.15, 0.2) is 12.4 Å². The monoisotopic (exact) mass is 487 g/mol. The second kappa shape index (κ2) is 10.1. The first-order chi connectivity index (χ1) is 16.3. The van der Waals surface area contributed by atoms with Crippen molar-refractivity contribution >= 4 is 21.6 Å². The van der Waals surface area contributed by atoms with Gasteiger partial charge in [-0.3, -0.25) is 14.9 Å². The van der Waals surface area contributed by atoms with Gasteiger partial charge in [0.25, 0.3) is 5.91 Å². The van der Waals surface area contributed by atoms with Gasteiger partial charge in [-0.25, -0.2) is 8.42 Å². The maximum Gasteiger partial charge on any atom is 0.312 e. The Kier molecular flexibility index (Phi) is 7.18. The molecule has 182 valence electrons.